The molecule has 2 nitrogen and oxygen atoms in total. The molecule has 0 aromatic heterocycles. The van der Waals surface area contributed by atoms with E-state index < -0.39 is 34.3 Å². The fourth-order valence-corrected chi connectivity index (χ4v) is 2.50. The summed E-state index contributed by atoms with van der Waals surface area (Å²) in [6.45, 7) is 2.40. The summed E-state index contributed by atoms with van der Waals surface area (Å²) >= 11 is 5.55. The molecule has 1 aromatic rings. The first-order valence-corrected chi connectivity index (χ1v) is 6.53. The molecule has 0 bridgehead atoms. The lowest BCUT2D eigenvalue weighted by atomic mass is 9.86. The average molecular weight is 366 g/mol. The Morgan fingerprint density at radius 3 is 1.91 bits per heavy atom. The Hall–Kier alpha value is -1.51. The van der Waals surface area contributed by atoms with Crippen LogP contribution in [0.15, 0.2) is 17.3 Å². The molecule has 1 N–H and O–H groups in total. The molecule has 23 heavy (non-hydrogen) atoms. The van der Waals surface area contributed by atoms with Gasteiger partial charge in [-0.1, -0.05) is 35.8 Å². The summed E-state index contributed by atoms with van der Waals surface area (Å²) < 4.78 is 91.3. The largest absolute Gasteiger partial charge is 0.435 e. The summed E-state index contributed by atoms with van der Waals surface area (Å²) in [5.74, 6) is 0. The normalized spacial score (nSPS) is 14.3. The van der Waals surface area contributed by atoms with Gasteiger partial charge in [0.2, 0.25) is 0 Å². The Kier molecular flexibility index (Phi) is 5.25. The third-order valence-electron chi connectivity index (χ3n) is 3.38. The number of halogens is 8. The van der Waals surface area contributed by atoms with E-state index in [2.05, 4.69) is 5.16 Å². The zero-order valence-electron chi connectivity index (χ0n) is 11.8. The fraction of sp³-hybridized carbons (Fsp3) is 0.462. The van der Waals surface area contributed by atoms with E-state index in [1.165, 1.54) is 0 Å². The molecule has 0 aliphatic heterocycles. The van der Waals surface area contributed by atoms with Crippen molar-refractivity contribution in [2.75, 3.05) is 0 Å². The second-order valence-corrected chi connectivity index (χ2v) is 5.03. The third kappa shape index (κ3) is 3.11. The van der Waals surface area contributed by atoms with Crippen molar-refractivity contribution < 1.29 is 35.9 Å². The number of alkyl halides is 7. The molecule has 1 aromatic carbocycles. The van der Waals surface area contributed by atoms with Crippen LogP contribution in [0.2, 0.25) is 0 Å². The highest BCUT2D eigenvalue weighted by molar-refractivity contribution is 6.69. The first-order valence-electron chi connectivity index (χ1n) is 6.16. The van der Waals surface area contributed by atoms with Crippen LogP contribution in [-0.2, 0) is 12.1 Å². The van der Waals surface area contributed by atoms with E-state index in [4.69, 9.17) is 16.8 Å². The molecule has 0 heterocycles. The summed E-state index contributed by atoms with van der Waals surface area (Å²) in [4.78, 5) is 0. The lowest BCUT2D eigenvalue weighted by Crippen LogP contribution is -2.51. The van der Waals surface area contributed by atoms with Crippen LogP contribution in [0.25, 0.3) is 0 Å². The maximum atomic E-state index is 14.2. The number of aryl methyl sites for hydroxylation is 1. The van der Waals surface area contributed by atoms with Crippen LogP contribution < -0.4 is 0 Å². The second kappa shape index (κ2) is 6.18. The van der Waals surface area contributed by atoms with Crippen LogP contribution >= 0.6 is 11.6 Å². The zero-order chi connectivity index (χ0) is 18.2. The van der Waals surface area contributed by atoms with Crippen molar-refractivity contribution in [2.24, 2.45) is 5.16 Å². The van der Waals surface area contributed by atoms with E-state index in [-0.39, 0.29) is 17.5 Å². The Balaban J connectivity index is 3.85. The molecule has 0 fully saturated rings. The fourth-order valence-electron chi connectivity index (χ4n) is 2.24. The number of hydrogen-bond acceptors (Lipinski definition) is 2. The van der Waals surface area contributed by atoms with Crippen LogP contribution in [0.5, 0.6) is 0 Å². The standard InChI is InChI=1S/C13H11ClF7NO/c1-3-7-4-5-8(6(2)9(7)10(14)22-23)11(15,12(16,17)18)13(19,20)21/h4-5,23H,3H2,1-2H3/b22-10-. The molecule has 0 atom stereocenters. The van der Waals surface area contributed by atoms with Crippen molar-refractivity contribution in [2.45, 2.75) is 38.3 Å². The highest BCUT2D eigenvalue weighted by atomic mass is 35.5. The molecule has 0 amide bonds. The Morgan fingerprint density at radius 1 is 1.09 bits per heavy atom. The van der Waals surface area contributed by atoms with Crippen molar-refractivity contribution in [3.05, 3.63) is 34.4 Å². The van der Waals surface area contributed by atoms with Gasteiger partial charge in [0.15, 0.2) is 5.17 Å². The highest BCUT2D eigenvalue weighted by Gasteiger charge is 2.74. The van der Waals surface area contributed by atoms with Crippen LogP contribution in [0.1, 0.15) is 29.2 Å². The van der Waals surface area contributed by atoms with Crippen molar-refractivity contribution in [3.8, 4) is 0 Å². The third-order valence-corrected chi connectivity index (χ3v) is 3.64. The van der Waals surface area contributed by atoms with Crippen LogP contribution in [0.4, 0.5) is 30.7 Å². The van der Waals surface area contributed by atoms with Crippen LogP contribution in [-0.4, -0.2) is 22.7 Å². The number of rotatable bonds is 3. The van der Waals surface area contributed by atoms with Crippen LogP contribution in [0, 0.1) is 6.92 Å². The van der Waals surface area contributed by atoms with Gasteiger partial charge in [0.05, 0.1) is 0 Å². The van der Waals surface area contributed by atoms with Crippen molar-refractivity contribution in [1.82, 2.24) is 0 Å². The van der Waals surface area contributed by atoms with Crippen molar-refractivity contribution in [1.29, 1.82) is 0 Å². The van der Waals surface area contributed by atoms with Gasteiger partial charge in [-0.2, -0.15) is 26.3 Å². The maximum Gasteiger partial charge on any atom is 0.435 e. The van der Waals surface area contributed by atoms with Crippen LogP contribution in [0.3, 0.4) is 0 Å². The van der Waals surface area contributed by atoms with Gasteiger partial charge in [-0.05, 0) is 24.5 Å². The van der Waals surface area contributed by atoms with E-state index in [0.717, 1.165) is 13.0 Å². The molecular weight excluding hydrogens is 355 g/mol. The molecule has 0 aliphatic rings. The molecule has 0 radical (unpaired) electrons. The molecule has 0 unspecified atom stereocenters. The minimum atomic E-state index is -6.23. The summed E-state index contributed by atoms with van der Waals surface area (Å²) in [5, 5.41) is 10.5. The van der Waals surface area contributed by atoms with Gasteiger partial charge in [0.1, 0.15) is 0 Å². The SMILES string of the molecule is CCc1ccc(C(F)(C(F)(F)F)C(F)(F)F)c(C)c1/C(Cl)=N/O. The van der Waals surface area contributed by atoms with Gasteiger partial charge < -0.3 is 5.21 Å². The Labute approximate surface area is 131 Å². The first kappa shape index (κ1) is 19.5. The highest BCUT2D eigenvalue weighted by Crippen LogP contribution is 2.54. The van der Waals surface area contributed by atoms with Gasteiger partial charge >= 0.3 is 18.0 Å². The molecule has 130 valence electrons. The van der Waals surface area contributed by atoms with Gasteiger partial charge in [-0.3, -0.25) is 0 Å². The van der Waals surface area contributed by atoms with E-state index in [0.29, 0.717) is 6.07 Å². The monoisotopic (exact) mass is 365 g/mol. The first-order chi connectivity index (χ1) is 10.3. The zero-order valence-corrected chi connectivity index (χ0v) is 12.5. The van der Waals surface area contributed by atoms with Crippen molar-refractivity contribution in [3.63, 3.8) is 0 Å². The maximum absolute atomic E-state index is 14.2. The lowest BCUT2D eigenvalue weighted by Gasteiger charge is -2.32. The van der Waals surface area contributed by atoms with Gasteiger partial charge in [-0.25, -0.2) is 4.39 Å². The molecule has 0 aliphatic carbocycles. The number of hydrogen-bond donors (Lipinski definition) is 1. The summed E-state index contributed by atoms with van der Waals surface area (Å²) in [6, 6.07) is 1.30. The molecule has 1 rings (SSSR count). The van der Waals surface area contributed by atoms with Crippen molar-refractivity contribution >= 4 is 16.8 Å². The summed E-state index contributed by atoms with van der Waals surface area (Å²) in [5.41, 5.74) is -8.08. The predicted molar refractivity (Wildman–Crippen MR) is 69.6 cm³/mol. The lowest BCUT2D eigenvalue weighted by molar-refractivity contribution is -0.348. The average Bonchev–Trinajstić information content (AvgIpc) is 2.42. The van der Waals surface area contributed by atoms with E-state index in [1.54, 1.807) is 6.92 Å². The smallest absolute Gasteiger partial charge is 0.410 e. The number of benzene rings is 1. The topological polar surface area (TPSA) is 32.6 Å². The molecule has 0 saturated carbocycles. The molecule has 0 spiro atoms. The molecular formula is C13H11ClF7NO. The molecule has 10 heteroatoms. The summed E-state index contributed by atoms with van der Waals surface area (Å²) in [6.07, 6.45) is -12.3. The van der Waals surface area contributed by atoms with E-state index >= 15 is 0 Å². The van der Waals surface area contributed by atoms with E-state index in [1.807, 2.05) is 0 Å². The quantitative estimate of drug-likeness (QED) is 0.339. The van der Waals surface area contributed by atoms with Gasteiger partial charge in [-0.15, -0.1) is 0 Å². The minimum absolute atomic E-state index is 0.166. The van der Waals surface area contributed by atoms with Gasteiger partial charge in [0, 0.05) is 11.1 Å². The number of oxime groups is 1. The second-order valence-electron chi connectivity index (χ2n) is 4.67. The Bertz CT molecular complexity index is 608. The van der Waals surface area contributed by atoms with Gasteiger partial charge in [0.25, 0.3) is 0 Å². The minimum Gasteiger partial charge on any atom is -0.410 e. The van der Waals surface area contributed by atoms with E-state index in [9.17, 15) is 30.7 Å². The molecule has 0 saturated heterocycles. The summed E-state index contributed by atoms with van der Waals surface area (Å²) in [7, 11) is 0. The predicted octanol–water partition coefficient (Wildman–Crippen LogP) is 5.22. The number of nitrogens with zero attached hydrogens (tertiary/aromatic N) is 1. The Morgan fingerprint density at radius 2 is 1.57 bits per heavy atom.